The Labute approximate surface area is 129 Å². The molecular weight excluding hydrogens is 286 g/mol. The van der Waals surface area contributed by atoms with Gasteiger partial charge >= 0.3 is 0 Å². The van der Waals surface area contributed by atoms with Crippen molar-refractivity contribution in [1.82, 2.24) is 14.8 Å². The highest BCUT2D eigenvalue weighted by Crippen LogP contribution is 2.22. The molecule has 0 aliphatic carbocycles. The molecule has 3 rings (SSSR count). The summed E-state index contributed by atoms with van der Waals surface area (Å²) in [6.07, 6.45) is 2.07. The number of H-pyrrole nitrogens is 1. The second-order valence-corrected chi connectivity index (χ2v) is 6.34. The minimum absolute atomic E-state index is 0.0829. The van der Waals surface area contributed by atoms with Gasteiger partial charge < -0.3 is 14.8 Å². The lowest BCUT2D eigenvalue weighted by molar-refractivity contribution is 0.0658. The second kappa shape index (κ2) is 5.70. The number of hydrogen-bond acceptors (Lipinski definition) is 2. The molecule has 5 heteroatoms. The van der Waals surface area contributed by atoms with Crippen molar-refractivity contribution in [2.24, 2.45) is 0 Å². The Morgan fingerprint density at radius 2 is 2.00 bits per heavy atom. The van der Waals surface area contributed by atoms with Gasteiger partial charge in [-0.25, -0.2) is 0 Å². The first-order valence-electron chi connectivity index (χ1n) is 7.28. The fourth-order valence-electron chi connectivity index (χ4n) is 2.97. The van der Waals surface area contributed by atoms with Crippen molar-refractivity contribution in [2.75, 3.05) is 27.2 Å². The summed E-state index contributed by atoms with van der Waals surface area (Å²) >= 11 is 5.98. The maximum Gasteiger partial charge on any atom is 0.270 e. The van der Waals surface area contributed by atoms with E-state index < -0.39 is 0 Å². The van der Waals surface area contributed by atoms with E-state index in [1.807, 2.05) is 29.2 Å². The Kier molecular flexibility index (Phi) is 3.91. The van der Waals surface area contributed by atoms with Crippen molar-refractivity contribution >= 4 is 28.4 Å². The third kappa shape index (κ3) is 2.92. The molecule has 1 aromatic carbocycles. The average molecular weight is 306 g/mol. The molecule has 1 saturated heterocycles. The Hall–Kier alpha value is -1.52. The van der Waals surface area contributed by atoms with Crippen LogP contribution in [0.4, 0.5) is 0 Å². The number of amides is 1. The van der Waals surface area contributed by atoms with E-state index in [0.717, 1.165) is 36.8 Å². The maximum atomic E-state index is 12.6. The minimum Gasteiger partial charge on any atom is -0.350 e. The van der Waals surface area contributed by atoms with Crippen LogP contribution in [-0.4, -0.2) is 53.9 Å². The summed E-state index contributed by atoms with van der Waals surface area (Å²) in [7, 11) is 4.20. The zero-order valence-corrected chi connectivity index (χ0v) is 13.2. The number of aromatic amines is 1. The Morgan fingerprint density at radius 3 is 2.67 bits per heavy atom. The highest BCUT2D eigenvalue weighted by molar-refractivity contribution is 6.31. The molecule has 1 aliphatic heterocycles. The monoisotopic (exact) mass is 305 g/mol. The number of nitrogens with one attached hydrogen (secondary N) is 1. The van der Waals surface area contributed by atoms with Crippen LogP contribution >= 0.6 is 11.6 Å². The van der Waals surface area contributed by atoms with Gasteiger partial charge in [-0.1, -0.05) is 17.7 Å². The summed E-state index contributed by atoms with van der Waals surface area (Å²) in [5.74, 6) is 0.0829. The van der Waals surface area contributed by atoms with Crippen LogP contribution in [0.3, 0.4) is 0 Å². The minimum atomic E-state index is 0.0829. The first-order chi connectivity index (χ1) is 10.0. The highest BCUT2D eigenvalue weighted by atomic mass is 35.5. The smallest absolute Gasteiger partial charge is 0.270 e. The first-order valence-corrected chi connectivity index (χ1v) is 7.66. The van der Waals surface area contributed by atoms with E-state index in [4.69, 9.17) is 11.6 Å². The lowest BCUT2D eigenvalue weighted by Crippen LogP contribution is -2.44. The number of likely N-dealkylation sites (tertiary alicyclic amines) is 1. The summed E-state index contributed by atoms with van der Waals surface area (Å²) in [6.45, 7) is 1.63. The molecular formula is C16H20ClN3O. The molecule has 1 amide bonds. The number of aromatic nitrogens is 1. The van der Waals surface area contributed by atoms with E-state index >= 15 is 0 Å². The van der Waals surface area contributed by atoms with Gasteiger partial charge in [0.15, 0.2) is 0 Å². The number of hydrogen-bond donors (Lipinski definition) is 1. The predicted octanol–water partition coefficient (Wildman–Crippen LogP) is 2.99. The van der Waals surface area contributed by atoms with Crippen LogP contribution in [0.2, 0.25) is 5.02 Å². The number of piperidine rings is 1. The number of carbonyl (C=O) groups is 1. The molecule has 0 spiro atoms. The maximum absolute atomic E-state index is 12.6. The molecule has 112 valence electrons. The van der Waals surface area contributed by atoms with Gasteiger partial charge in [0.2, 0.25) is 0 Å². The topological polar surface area (TPSA) is 39.3 Å². The van der Waals surface area contributed by atoms with Gasteiger partial charge in [0.05, 0.1) is 0 Å². The number of rotatable bonds is 2. The van der Waals surface area contributed by atoms with E-state index in [1.165, 1.54) is 0 Å². The van der Waals surface area contributed by atoms with Gasteiger partial charge in [0, 0.05) is 35.1 Å². The third-order valence-corrected chi connectivity index (χ3v) is 4.53. The van der Waals surface area contributed by atoms with Gasteiger partial charge in [0.1, 0.15) is 5.69 Å². The Bertz CT molecular complexity index is 657. The Morgan fingerprint density at radius 1 is 1.29 bits per heavy atom. The molecule has 1 aromatic heterocycles. The van der Waals surface area contributed by atoms with E-state index in [-0.39, 0.29) is 5.91 Å². The van der Waals surface area contributed by atoms with E-state index in [0.29, 0.717) is 16.8 Å². The fourth-order valence-corrected chi connectivity index (χ4v) is 3.14. The van der Waals surface area contributed by atoms with Crippen LogP contribution in [0, 0.1) is 0 Å². The molecule has 1 fully saturated rings. The molecule has 21 heavy (non-hydrogen) atoms. The van der Waals surface area contributed by atoms with Gasteiger partial charge in [-0.05, 0) is 45.1 Å². The summed E-state index contributed by atoms with van der Waals surface area (Å²) in [4.78, 5) is 19.9. The standard InChI is InChI=1S/C16H20ClN3O/c1-19(2)13-5-7-20(8-6-13)16(21)15-9-11-3-4-12(17)10-14(11)18-15/h3-4,9-10,13,18H,5-8H2,1-2H3. The number of benzene rings is 1. The van der Waals surface area contributed by atoms with Crippen molar-refractivity contribution < 1.29 is 4.79 Å². The third-order valence-electron chi connectivity index (χ3n) is 4.30. The number of nitrogens with zero attached hydrogens (tertiary/aromatic N) is 2. The molecule has 0 bridgehead atoms. The SMILES string of the molecule is CN(C)C1CCN(C(=O)c2cc3ccc(Cl)cc3[nH]2)CC1. The van der Waals surface area contributed by atoms with Crippen LogP contribution in [0.25, 0.3) is 10.9 Å². The van der Waals surface area contributed by atoms with Crippen LogP contribution in [-0.2, 0) is 0 Å². The van der Waals surface area contributed by atoms with Crippen molar-refractivity contribution in [3.8, 4) is 0 Å². The summed E-state index contributed by atoms with van der Waals surface area (Å²) < 4.78 is 0. The van der Waals surface area contributed by atoms with Crippen LogP contribution in [0.15, 0.2) is 24.3 Å². The second-order valence-electron chi connectivity index (χ2n) is 5.90. The molecule has 0 radical (unpaired) electrons. The summed E-state index contributed by atoms with van der Waals surface area (Å²) in [5.41, 5.74) is 1.56. The van der Waals surface area contributed by atoms with Crippen LogP contribution in [0.1, 0.15) is 23.3 Å². The molecule has 0 atom stereocenters. The van der Waals surface area contributed by atoms with Gasteiger partial charge in [-0.15, -0.1) is 0 Å². The molecule has 0 unspecified atom stereocenters. The summed E-state index contributed by atoms with van der Waals surface area (Å²) in [5, 5.41) is 1.70. The van der Waals surface area contributed by atoms with E-state index in [9.17, 15) is 4.79 Å². The first kappa shape index (κ1) is 14.4. The zero-order chi connectivity index (χ0) is 15.0. The lowest BCUT2D eigenvalue weighted by atomic mass is 10.0. The highest BCUT2D eigenvalue weighted by Gasteiger charge is 2.25. The van der Waals surface area contributed by atoms with Crippen molar-refractivity contribution in [1.29, 1.82) is 0 Å². The molecule has 1 aliphatic rings. The molecule has 4 nitrogen and oxygen atoms in total. The molecule has 0 saturated carbocycles. The number of fused-ring (bicyclic) bond motifs is 1. The molecule has 2 heterocycles. The van der Waals surface area contributed by atoms with Gasteiger partial charge in [-0.2, -0.15) is 0 Å². The van der Waals surface area contributed by atoms with E-state index in [2.05, 4.69) is 24.0 Å². The lowest BCUT2D eigenvalue weighted by Gasteiger charge is -2.35. The largest absolute Gasteiger partial charge is 0.350 e. The average Bonchev–Trinajstić information content (AvgIpc) is 2.89. The predicted molar refractivity (Wildman–Crippen MR) is 85.9 cm³/mol. The van der Waals surface area contributed by atoms with Gasteiger partial charge in [-0.3, -0.25) is 4.79 Å². The Balaban J connectivity index is 1.75. The van der Waals surface area contributed by atoms with Crippen LogP contribution < -0.4 is 0 Å². The zero-order valence-electron chi connectivity index (χ0n) is 12.4. The van der Waals surface area contributed by atoms with E-state index in [1.54, 1.807) is 0 Å². The van der Waals surface area contributed by atoms with Crippen LogP contribution in [0.5, 0.6) is 0 Å². The van der Waals surface area contributed by atoms with Crippen molar-refractivity contribution in [2.45, 2.75) is 18.9 Å². The quantitative estimate of drug-likeness (QED) is 0.926. The summed E-state index contributed by atoms with van der Waals surface area (Å²) in [6, 6.07) is 8.12. The number of halogens is 1. The van der Waals surface area contributed by atoms with Crippen molar-refractivity contribution in [3.63, 3.8) is 0 Å². The van der Waals surface area contributed by atoms with Crippen molar-refractivity contribution in [3.05, 3.63) is 35.0 Å². The fraction of sp³-hybridized carbons (Fsp3) is 0.438. The normalized spacial score (nSPS) is 16.9. The molecule has 1 N–H and O–H groups in total. The van der Waals surface area contributed by atoms with Gasteiger partial charge in [0.25, 0.3) is 5.91 Å². The number of carbonyl (C=O) groups excluding carboxylic acids is 1. The molecule has 2 aromatic rings.